The third-order valence-electron chi connectivity index (χ3n) is 2.45. The largest absolute Gasteiger partial charge is 0.480 e. The average Bonchev–Trinajstić information content (AvgIpc) is 3.00. The van der Waals surface area contributed by atoms with E-state index in [1.807, 2.05) is 6.92 Å². The molecule has 0 bridgehead atoms. The Bertz CT molecular complexity index is 393. The number of carboxylic acid groups (broad SMARTS) is 1. The molecule has 0 spiro atoms. The highest BCUT2D eigenvalue weighted by Gasteiger charge is 2.27. The number of carbonyl (C=O) groups is 1. The molecule has 2 rings (SSSR count). The van der Waals surface area contributed by atoms with Crippen LogP contribution in [-0.2, 0) is 4.79 Å². The third-order valence-corrected chi connectivity index (χ3v) is 4.46. The number of aliphatic carboxylic acids is 1. The minimum absolute atomic E-state index is 0.421. The molecule has 0 radical (unpaired) electrons. The molecule has 5 nitrogen and oxygen atoms in total. The van der Waals surface area contributed by atoms with Crippen molar-refractivity contribution in [2.75, 3.05) is 5.75 Å². The van der Waals surface area contributed by atoms with Crippen molar-refractivity contribution >= 4 is 29.1 Å². The Morgan fingerprint density at radius 3 is 2.94 bits per heavy atom. The molecule has 94 valence electrons. The highest BCUT2D eigenvalue weighted by Crippen LogP contribution is 2.24. The molecule has 0 amide bonds. The van der Waals surface area contributed by atoms with E-state index in [1.165, 1.54) is 0 Å². The summed E-state index contributed by atoms with van der Waals surface area (Å²) in [5, 5.41) is 21.1. The van der Waals surface area contributed by atoms with Gasteiger partial charge in [-0.25, -0.2) is 0 Å². The van der Waals surface area contributed by atoms with Crippen LogP contribution < -0.4 is 5.32 Å². The summed E-state index contributed by atoms with van der Waals surface area (Å²) in [4.78, 5) is 11.0. The fourth-order valence-electron chi connectivity index (χ4n) is 1.41. The van der Waals surface area contributed by atoms with Crippen molar-refractivity contribution in [1.82, 2.24) is 15.5 Å². The van der Waals surface area contributed by atoms with Crippen LogP contribution in [0.4, 0.5) is 0 Å². The fourth-order valence-corrected chi connectivity index (χ4v) is 3.30. The standard InChI is InChI=1S/C10H15N3O2S2/c1-6-12-13-10(17-6)16-5-4-8(9(14)15)11-7-2-3-7/h7-8,11H,2-5H2,1H3,(H,14,15). The van der Waals surface area contributed by atoms with E-state index in [4.69, 9.17) is 5.11 Å². The number of rotatable bonds is 7. The maximum absolute atomic E-state index is 11.0. The first kappa shape index (κ1) is 12.8. The molecule has 1 heterocycles. The number of aryl methyl sites for hydroxylation is 1. The Morgan fingerprint density at radius 2 is 2.41 bits per heavy atom. The molecule has 1 aliphatic rings. The van der Waals surface area contributed by atoms with Crippen LogP contribution in [-0.4, -0.2) is 39.1 Å². The van der Waals surface area contributed by atoms with Gasteiger partial charge in [0, 0.05) is 11.8 Å². The zero-order chi connectivity index (χ0) is 12.3. The lowest BCUT2D eigenvalue weighted by molar-refractivity contribution is -0.139. The predicted octanol–water partition coefficient (Wildman–Crippen LogP) is 1.53. The van der Waals surface area contributed by atoms with Crippen LogP contribution in [0.1, 0.15) is 24.3 Å². The Morgan fingerprint density at radius 1 is 1.65 bits per heavy atom. The quantitative estimate of drug-likeness (QED) is 0.734. The van der Waals surface area contributed by atoms with Gasteiger partial charge in [0.1, 0.15) is 11.0 Å². The van der Waals surface area contributed by atoms with E-state index in [0.717, 1.165) is 27.9 Å². The first-order valence-electron chi connectivity index (χ1n) is 5.57. The summed E-state index contributed by atoms with van der Waals surface area (Å²) in [5.41, 5.74) is 0. The second kappa shape index (κ2) is 5.79. The molecular weight excluding hydrogens is 258 g/mol. The van der Waals surface area contributed by atoms with Crippen LogP contribution in [0.3, 0.4) is 0 Å². The van der Waals surface area contributed by atoms with Crippen LogP contribution in [0.25, 0.3) is 0 Å². The summed E-state index contributed by atoms with van der Waals surface area (Å²) < 4.78 is 0.915. The van der Waals surface area contributed by atoms with Crippen LogP contribution in [0.2, 0.25) is 0 Å². The Hall–Kier alpha value is -0.660. The number of hydrogen-bond donors (Lipinski definition) is 2. The monoisotopic (exact) mass is 273 g/mol. The lowest BCUT2D eigenvalue weighted by atomic mass is 10.2. The lowest BCUT2D eigenvalue weighted by Gasteiger charge is -2.12. The van der Waals surface area contributed by atoms with Crippen LogP contribution in [0.5, 0.6) is 0 Å². The first-order valence-corrected chi connectivity index (χ1v) is 7.37. The number of nitrogens with one attached hydrogen (secondary N) is 1. The van der Waals surface area contributed by atoms with Gasteiger partial charge in [0.05, 0.1) is 0 Å². The van der Waals surface area contributed by atoms with Crippen LogP contribution in [0, 0.1) is 6.92 Å². The number of nitrogens with zero attached hydrogens (tertiary/aromatic N) is 2. The van der Waals surface area contributed by atoms with Gasteiger partial charge in [-0.2, -0.15) is 0 Å². The Kier molecular flexibility index (Phi) is 4.36. The molecule has 1 saturated carbocycles. The molecule has 1 unspecified atom stereocenters. The second-order valence-corrected chi connectivity index (χ2v) is 6.58. The molecule has 0 aliphatic heterocycles. The minimum atomic E-state index is -0.758. The molecule has 2 N–H and O–H groups in total. The van der Waals surface area contributed by atoms with Gasteiger partial charge in [-0.05, 0) is 26.2 Å². The van der Waals surface area contributed by atoms with Gasteiger partial charge in [0.15, 0.2) is 4.34 Å². The van der Waals surface area contributed by atoms with Crippen molar-refractivity contribution in [3.8, 4) is 0 Å². The molecule has 1 fully saturated rings. The maximum Gasteiger partial charge on any atom is 0.320 e. The normalized spacial score (nSPS) is 17.0. The van der Waals surface area contributed by atoms with Crippen LogP contribution in [0.15, 0.2) is 4.34 Å². The van der Waals surface area contributed by atoms with E-state index in [1.54, 1.807) is 23.1 Å². The molecule has 0 saturated heterocycles. The Balaban J connectivity index is 1.72. The number of aromatic nitrogens is 2. The maximum atomic E-state index is 11.0. The zero-order valence-electron chi connectivity index (χ0n) is 9.55. The molecule has 1 aromatic rings. The summed E-state index contributed by atoms with van der Waals surface area (Å²) in [7, 11) is 0. The third kappa shape index (κ3) is 4.25. The van der Waals surface area contributed by atoms with E-state index in [9.17, 15) is 4.79 Å². The van der Waals surface area contributed by atoms with Gasteiger partial charge >= 0.3 is 5.97 Å². The van der Waals surface area contributed by atoms with Crippen molar-refractivity contribution in [3.05, 3.63) is 5.01 Å². The SMILES string of the molecule is Cc1nnc(SCCC(NC2CC2)C(=O)O)s1. The lowest BCUT2D eigenvalue weighted by Crippen LogP contribution is -2.38. The minimum Gasteiger partial charge on any atom is -0.480 e. The van der Waals surface area contributed by atoms with Crippen LogP contribution >= 0.6 is 23.1 Å². The summed E-state index contributed by atoms with van der Waals surface area (Å²) in [5.74, 6) is -0.00311. The van der Waals surface area contributed by atoms with E-state index >= 15 is 0 Å². The first-order chi connectivity index (χ1) is 8.15. The van der Waals surface area contributed by atoms with Crippen molar-refractivity contribution < 1.29 is 9.90 Å². The van der Waals surface area contributed by atoms with Crippen molar-refractivity contribution in [3.63, 3.8) is 0 Å². The fraction of sp³-hybridized carbons (Fsp3) is 0.700. The molecule has 7 heteroatoms. The molecule has 1 aliphatic carbocycles. The van der Waals surface area contributed by atoms with Gasteiger partial charge in [0.25, 0.3) is 0 Å². The molecule has 1 atom stereocenters. The summed E-state index contributed by atoms with van der Waals surface area (Å²) >= 11 is 3.12. The highest BCUT2D eigenvalue weighted by molar-refractivity contribution is 8.01. The second-order valence-electron chi connectivity index (χ2n) is 4.06. The summed E-state index contributed by atoms with van der Waals surface area (Å²) in [6.45, 7) is 1.91. The van der Waals surface area contributed by atoms with Gasteiger partial charge in [-0.3, -0.25) is 4.79 Å². The topological polar surface area (TPSA) is 75.1 Å². The van der Waals surface area contributed by atoms with E-state index in [2.05, 4.69) is 15.5 Å². The molecule has 1 aromatic heterocycles. The van der Waals surface area contributed by atoms with Crippen molar-refractivity contribution in [2.45, 2.75) is 42.6 Å². The van der Waals surface area contributed by atoms with E-state index < -0.39 is 12.0 Å². The number of hydrogen-bond acceptors (Lipinski definition) is 6. The molecule has 17 heavy (non-hydrogen) atoms. The van der Waals surface area contributed by atoms with Gasteiger partial charge in [-0.1, -0.05) is 23.1 Å². The van der Waals surface area contributed by atoms with Crippen molar-refractivity contribution in [1.29, 1.82) is 0 Å². The average molecular weight is 273 g/mol. The van der Waals surface area contributed by atoms with E-state index in [0.29, 0.717) is 12.5 Å². The van der Waals surface area contributed by atoms with Crippen molar-refractivity contribution in [2.24, 2.45) is 0 Å². The number of carboxylic acids is 1. The number of thioether (sulfide) groups is 1. The molecular formula is C10H15N3O2S2. The smallest absolute Gasteiger partial charge is 0.320 e. The van der Waals surface area contributed by atoms with Gasteiger partial charge in [0.2, 0.25) is 0 Å². The molecule has 0 aromatic carbocycles. The van der Waals surface area contributed by atoms with Gasteiger partial charge < -0.3 is 10.4 Å². The van der Waals surface area contributed by atoms with Gasteiger partial charge in [-0.15, -0.1) is 10.2 Å². The zero-order valence-corrected chi connectivity index (χ0v) is 11.2. The predicted molar refractivity (Wildman–Crippen MR) is 67.6 cm³/mol. The highest BCUT2D eigenvalue weighted by atomic mass is 32.2. The summed E-state index contributed by atoms with van der Waals surface area (Å²) in [6, 6.07) is -0.00566. The summed E-state index contributed by atoms with van der Waals surface area (Å²) in [6.07, 6.45) is 2.83. The Labute approximate surface area is 108 Å². The van der Waals surface area contributed by atoms with E-state index in [-0.39, 0.29) is 0 Å².